The van der Waals surface area contributed by atoms with Gasteiger partial charge < -0.3 is 39.2 Å². The van der Waals surface area contributed by atoms with Crippen LogP contribution in [0.2, 0.25) is 0 Å². The minimum absolute atomic E-state index is 0.101. The van der Waals surface area contributed by atoms with E-state index >= 15 is 0 Å². The molecule has 4 unspecified atom stereocenters. The number of ether oxygens (including phenoxy) is 5. The zero-order valence-electron chi connectivity index (χ0n) is 20.3. The maximum atomic E-state index is 12.0. The molecule has 9 heteroatoms. The number of hydrogen-bond donors (Lipinski definition) is 3. The van der Waals surface area contributed by atoms with Gasteiger partial charge in [-0.05, 0) is 19.3 Å². The molecule has 6 atom stereocenters. The van der Waals surface area contributed by atoms with Crippen LogP contribution in [0.25, 0.3) is 0 Å². The van der Waals surface area contributed by atoms with Gasteiger partial charge in [0.15, 0.2) is 6.29 Å². The molecule has 32 heavy (non-hydrogen) atoms. The number of carbonyl (C=O) groups is 1. The molecular weight excluding hydrogens is 418 g/mol. The highest BCUT2D eigenvalue weighted by Gasteiger charge is 2.48. The number of unbranched alkanes of at least 4 members (excludes halogenated alkanes) is 3. The Bertz CT molecular complexity index is 481. The zero-order chi connectivity index (χ0) is 23.8. The Morgan fingerprint density at radius 3 is 2.19 bits per heavy atom. The quantitative estimate of drug-likeness (QED) is 0.264. The molecule has 0 radical (unpaired) electrons. The van der Waals surface area contributed by atoms with Crippen molar-refractivity contribution >= 4 is 5.91 Å². The van der Waals surface area contributed by atoms with Crippen LogP contribution < -0.4 is 5.32 Å². The van der Waals surface area contributed by atoms with Gasteiger partial charge in [0.25, 0.3) is 0 Å². The standard InChI is InChI=1S/C23H45NO8/c1-5-8-11-28-16-19-21(29-12-9-6-2)22(31-15-18(27)14-25)20(24-17(4)26)23(32-19)30-13-10-7-3/h18-23,25,27H,5-16H2,1-4H3,(H,24,26)/t18?,19?,20?,21-,22?,23+/m1/s1. The Balaban J connectivity index is 3.11. The van der Waals surface area contributed by atoms with Crippen molar-refractivity contribution in [1.29, 1.82) is 0 Å². The van der Waals surface area contributed by atoms with Gasteiger partial charge in [-0.2, -0.15) is 0 Å². The van der Waals surface area contributed by atoms with Gasteiger partial charge in [0.05, 0.1) is 19.8 Å². The minimum atomic E-state index is -1.04. The zero-order valence-corrected chi connectivity index (χ0v) is 20.3. The first-order valence-electron chi connectivity index (χ1n) is 12.1. The third-order valence-corrected chi connectivity index (χ3v) is 5.22. The molecule has 0 aromatic carbocycles. The summed E-state index contributed by atoms with van der Waals surface area (Å²) in [5.41, 5.74) is 0. The number of hydrogen-bond acceptors (Lipinski definition) is 8. The number of aliphatic hydroxyl groups excluding tert-OH is 2. The third-order valence-electron chi connectivity index (χ3n) is 5.22. The number of carbonyl (C=O) groups excluding carboxylic acids is 1. The van der Waals surface area contributed by atoms with Crippen molar-refractivity contribution in [3.8, 4) is 0 Å². The number of aliphatic hydroxyl groups is 2. The normalized spacial score (nSPS) is 26.8. The number of rotatable bonds is 18. The molecule has 1 heterocycles. The van der Waals surface area contributed by atoms with Crippen molar-refractivity contribution in [1.82, 2.24) is 5.32 Å². The summed E-state index contributed by atoms with van der Waals surface area (Å²) in [6.45, 7) is 9.06. The molecule has 1 aliphatic rings. The fourth-order valence-corrected chi connectivity index (χ4v) is 3.40. The fourth-order valence-electron chi connectivity index (χ4n) is 3.40. The second-order valence-electron chi connectivity index (χ2n) is 8.25. The van der Waals surface area contributed by atoms with Gasteiger partial charge in [0, 0.05) is 26.7 Å². The van der Waals surface area contributed by atoms with Gasteiger partial charge >= 0.3 is 0 Å². The van der Waals surface area contributed by atoms with E-state index in [2.05, 4.69) is 26.1 Å². The monoisotopic (exact) mass is 463 g/mol. The average Bonchev–Trinajstić information content (AvgIpc) is 2.77. The van der Waals surface area contributed by atoms with Crippen molar-refractivity contribution in [3.05, 3.63) is 0 Å². The predicted octanol–water partition coefficient (Wildman–Crippen LogP) is 1.77. The smallest absolute Gasteiger partial charge is 0.217 e. The summed E-state index contributed by atoms with van der Waals surface area (Å²) in [6, 6.07) is -0.631. The van der Waals surface area contributed by atoms with Crippen LogP contribution in [-0.4, -0.2) is 92.5 Å². The van der Waals surface area contributed by atoms with E-state index in [0.717, 1.165) is 38.5 Å². The van der Waals surface area contributed by atoms with E-state index in [1.54, 1.807) is 0 Å². The Morgan fingerprint density at radius 1 is 0.969 bits per heavy atom. The highest BCUT2D eigenvalue weighted by atomic mass is 16.7. The topological polar surface area (TPSA) is 116 Å². The van der Waals surface area contributed by atoms with Crippen molar-refractivity contribution in [2.75, 3.05) is 39.6 Å². The summed E-state index contributed by atoms with van der Waals surface area (Å²) < 4.78 is 30.3. The fraction of sp³-hybridized carbons (Fsp3) is 0.957. The summed E-state index contributed by atoms with van der Waals surface area (Å²) in [5, 5.41) is 22.0. The van der Waals surface area contributed by atoms with Crippen molar-refractivity contribution in [3.63, 3.8) is 0 Å². The largest absolute Gasteiger partial charge is 0.394 e. The van der Waals surface area contributed by atoms with Crippen LogP contribution in [0.3, 0.4) is 0 Å². The highest BCUT2D eigenvalue weighted by molar-refractivity contribution is 5.73. The van der Waals surface area contributed by atoms with E-state index in [1.165, 1.54) is 6.92 Å². The van der Waals surface area contributed by atoms with Gasteiger partial charge in [0.1, 0.15) is 30.5 Å². The van der Waals surface area contributed by atoms with Gasteiger partial charge in [-0.1, -0.05) is 40.0 Å². The number of amides is 1. The summed E-state index contributed by atoms with van der Waals surface area (Å²) in [7, 11) is 0. The van der Waals surface area contributed by atoms with Crippen molar-refractivity contribution in [2.24, 2.45) is 0 Å². The lowest BCUT2D eigenvalue weighted by atomic mass is 9.96. The van der Waals surface area contributed by atoms with Gasteiger partial charge in [0.2, 0.25) is 5.91 Å². The second kappa shape index (κ2) is 17.6. The van der Waals surface area contributed by atoms with Gasteiger partial charge in [-0.3, -0.25) is 4.79 Å². The van der Waals surface area contributed by atoms with Crippen LogP contribution in [0.4, 0.5) is 0 Å². The maximum Gasteiger partial charge on any atom is 0.217 e. The third kappa shape index (κ3) is 10.9. The van der Waals surface area contributed by atoms with E-state index in [9.17, 15) is 15.0 Å². The maximum absolute atomic E-state index is 12.0. The van der Waals surface area contributed by atoms with Gasteiger partial charge in [-0.15, -0.1) is 0 Å². The molecule has 1 rings (SSSR count). The average molecular weight is 464 g/mol. The molecule has 1 amide bonds. The van der Waals surface area contributed by atoms with Crippen LogP contribution >= 0.6 is 0 Å². The summed E-state index contributed by atoms with van der Waals surface area (Å²) >= 11 is 0. The molecule has 1 fully saturated rings. The second-order valence-corrected chi connectivity index (χ2v) is 8.25. The van der Waals surface area contributed by atoms with E-state index in [-0.39, 0.29) is 12.5 Å². The number of nitrogens with one attached hydrogen (secondary N) is 1. The molecule has 9 nitrogen and oxygen atoms in total. The summed E-state index contributed by atoms with van der Waals surface area (Å²) in [5.74, 6) is -0.246. The Labute approximate surface area is 193 Å². The predicted molar refractivity (Wildman–Crippen MR) is 120 cm³/mol. The van der Waals surface area contributed by atoms with Crippen molar-refractivity contribution < 1.29 is 38.7 Å². The van der Waals surface area contributed by atoms with Crippen LogP contribution in [0.1, 0.15) is 66.2 Å². The molecule has 0 spiro atoms. The lowest BCUT2D eigenvalue weighted by Gasteiger charge is -2.46. The highest BCUT2D eigenvalue weighted by Crippen LogP contribution is 2.28. The van der Waals surface area contributed by atoms with Crippen LogP contribution in [0, 0.1) is 0 Å². The van der Waals surface area contributed by atoms with E-state index < -0.39 is 43.4 Å². The van der Waals surface area contributed by atoms with Crippen LogP contribution in [-0.2, 0) is 28.5 Å². The van der Waals surface area contributed by atoms with E-state index in [0.29, 0.717) is 26.4 Å². The Morgan fingerprint density at radius 2 is 1.59 bits per heavy atom. The lowest BCUT2D eigenvalue weighted by Crippen LogP contribution is -2.66. The molecule has 0 bridgehead atoms. The first-order chi connectivity index (χ1) is 15.5. The SMILES string of the molecule is CCCCOCC1O[C@H](OCCCC)C(NC(C)=O)C(OCC(O)CO)[C@@H]1OCCCC. The molecule has 190 valence electrons. The molecule has 0 saturated carbocycles. The molecule has 0 aromatic rings. The molecule has 0 aliphatic carbocycles. The minimum Gasteiger partial charge on any atom is -0.394 e. The Hall–Kier alpha value is -0.810. The lowest BCUT2D eigenvalue weighted by molar-refractivity contribution is -0.289. The summed E-state index contributed by atoms with van der Waals surface area (Å²) in [6.07, 6.45) is 2.22. The van der Waals surface area contributed by atoms with Gasteiger partial charge in [-0.25, -0.2) is 0 Å². The molecular formula is C23H45NO8. The first-order valence-corrected chi connectivity index (χ1v) is 12.1. The molecule has 1 aliphatic heterocycles. The van der Waals surface area contributed by atoms with E-state index in [1.807, 2.05) is 0 Å². The summed E-state index contributed by atoms with van der Waals surface area (Å²) in [4.78, 5) is 12.0. The van der Waals surface area contributed by atoms with Crippen molar-refractivity contribution in [2.45, 2.75) is 103 Å². The van der Waals surface area contributed by atoms with Crippen LogP contribution in [0.15, 0.2) is 0 Å². The molecule has 3 N–H and O–H groups in total. The van der Waals surface area contributed by atoms with E-state index in [4.69, 9.17) is 23.7 Å². The van der Waals surface area contributed by atoms with Crippen LogP contribution in [0.5, 0.6) is 0 Å². The molecule has 0 aromatic heterocycles. The Kier molecular flexibility index (Phi) is 16.1. The molecule has 1 saturated heterocycles. The first kappa shape index (κ1) is 29.2.